The lowest BCUT2D eigenvalue weighted by atomic mass is 9.71. The lowest BCUT2D eigenvalue weighted by molar-refractivity contribution is -0.142. The van der Waals surface area contributed by atoms with E-state index in [9.17, 15) is 14.7 Å². The minimum atomic E-state index is -0.619. The van der Waals surface area contributed by atoms with Gasteiger partial charge in [-0.3, -0.25) is 4.79 Å². The molecule has 1 aromatic carbocycles. The predicted octanol–water partition coefficient (Wildman–Crippen LogP) is 2.81. The van der Waals surface area contributed by atoms with Crippen LogP contribution < -0.4 is 10.4 Å². The maximum absolute atomic E-state index is 12.9. The van der Waals surface area contributed by atoms with Crippen molar-refractivity contribution in [3.8, 4) is 5.75 Å². The van der Waals surface area contributed by atoms with Crippen molar-refractivity contribution in [3.05, 3.63) is 39.7 Å². The highest BCUT2D eigenvalue weighted by Gasteiger charge is 2.43. The molecule has 1 N–H and O–H groups in total. The van der Waals surface area contributed by atoms with E-state index in [1.165, 1.54) is 0 Å². The van der Waals surface area contributed by atoms with Gasteiger partial charge >= 0.3 is 5.63 Å². The van der Waals surface area contributed by atoms with Gasteiger partial charge in [-0.1, -0.05) is 12.8 Å². The monoisotopic (exact) mass is 385 g/mol. The number of likely N-dealkylation sites (tertiary alicyclic amines) is 1. The van der Waals surface area contributed by atoms with Crippen LogP contribution in [0.4, 0.5) is 0 Å². The van der Waals surface area contributed by atoms with Gasteiger partial charge in [0.2, 0.25) is 5.91 Å². The molecule has 6 heteroatoms. The van der Waals surface area contributed by atoms with Crippen molar-refractivity contribution in [2.75, 3.05) is 20.2 Å². The Hall–Kier alpha value is -2.34. The highest BCUT2D eigenvalue weighted by atomic mass is 16.5. The Bertz CT molecular complexity index is 965. The molecule has 1 amide bonds. The number of aliphatic hydroxyl groups is 1. The van der Waals surface area contributed by atoms with Crippen molar-refractivity contribution in [3.63, 3.8) is 0 Å². The Morgan fingerprint density at radius 3 is 2.96 bits per heavy atom. The summed E-state index contributed by atoms with van der Waals surface area (Å²) in [6.45, 7) is 2.97. The molecule has 2 aromatic rings. The number of hydrogen-bond acceptors (Lipinski definition) is 5. The number of nitrogens with zero attached hydrogens (tertiary/aromatic N) is 1. The molecule has 2 heterocycles. The van der Waals surface area contributed by atoms with E-state index in [1.54, 1.807) is 13.2 Å². The van der Waals surface area contributed by atoms with Crippen LogP contribution in [0.1, 0.15) is 43.2 Å². The highest BCUT2D eigenvalue weighted by Crippen LogP contribution is 2.39. The number of amides is 1. The van der Waals surface area contributed by atoms with Crippen LogP contribution in [0.25, 0.3) is 11.0 Å². The Morgan fingerprint density at radius 1 is 1.36 bits per heavy atom. The van der Waals surface area contributed by atoms with Crippen LogP contribution in [0, 0.1) is 12.8 Å². The second kappa shape index (κ2) is 7.24. The van der Waals surface area contributed by atoms with Crippen molar-refractivity contribution in [2.24, 2.45) is 5.92 Å². The number of rotatable bonds is 3. The van der Waals surface area contributed by atoms with E-state index in [-0.39, 0.29) is 18.2 Å². The molecule has 28 heavy (non-hydrogen) atoms. The molecule has 0 unspecified atom stereocenters. The van der Waals surface area contributed by atoms with Crippen molar-refractivity contribution in [2.45, 2.75) is 51.0 Å². The predicted molar refractivity (Wildman–Crippen MR) is 106 cm³/mol. The molecule has 0 spiro atoms. The molecule has 1 aliphatic carbocycles. The zero-order chi connectivity index (χ0) is 19.9. The SMILES string of the molecule is COc1ccc2c(C)c(CC(=O)N3CC[C@@]4(O)CCCC[C@H]4C3)c(=O)oc2c1. The molecule has 1 aliphatic heterocycles. The smallest absolute Gasteiger partial charge is 0.340 e. The van der Waals surface area contributed by atoms with Crippen LogP contribution in [-0.2, 0) is 11.2 Å². The van der Waals surface area contributed by atoms with Gasteiger partial charge in [-0.25, -0.2) is 4.79 Å². The Morgan fingerprint density at radius 2 is 2.18 bits per heavy atom. The summed E-state index contributed by atoms with van der Waals surface area (Å²) in [5.41, 5.74) is 0.549. The molecule has 1 saturated carbocycles. The summed E-state index contributed by atoms with van der Waals surface area (Å²) in [6, 6.07) is 5.35. The molecular formula is C22H27NO5. The molecule has 4 rings (SSSR count). The zero-order valence-electron chi connectivity index (χ0n) is 16.5. The van der Waals surface area contributed by atoms with Crippen LogP contribution in [0.3, 0.4) is 0 Å². The first kappa shape index (κ1) is 19.0. The third-order valence-electron chi connectivity index (χ3n) is 6.60. The van der Waals surface area contributed by atoms with E-state index in [4.69, 9.17) is 9.15 Å². The second-order valence-electron chi connectivity index (χ2n) is 8.17. The van der Waals surface area contributed by atoms with Gasteiger partial charge in [0.25, 0.3) is 0 Å². The number of ether oxygens (including phenoxy) is 1. The van der Waals surface area contributed by atoms with E-state index >= 15 is 0 Å². The zero-order valence-corrected chi connectivity index (χ0v) is 16.5. The summed E-state index contributed by atoms with van der Waals surface area (Å²) >= 11 is 0. The van der Waals surface area contributed by atoms with E-state index in [2.05, 4.69) is 0 Å². The minimum Gasteiger partial charge on any atom is -0.497 e. The standard InChI is InChI=1S/C22H27NO5/c1-14-17-7-6-16(27-2)11-19(17)28-21(25)18(14)12-20(24)23-10-9-22(26)8-4-3-5-15(22)13-23/h6-7,11,15,26H,3-5,8-10,12-13H2,1-2H3/t15-,22-/m0/s1. The largest absolute Gasteiger partial charge is 0.497 e. The summed E-state index contributed by atoms with van der Waals surface area (Å²) in [5.74, 6) is 0.684. The van der Waals surface area contributed by atoms with Gasteiger partial charge in [0, 0.05) is 30.5 Å². The fourth-order valence-electron chi connectivity index (χ4n) is 4.77. The van der Waals surface area contributed by atoms with Crippen LogP contribution >= 0.6 is 0 Å². The van der Waals surface area contributed by atoms with Gasteiger partial charge in [0.1, 0.15) is 11.3 Å². The van der Waals surface area contributed by atoms with Crippen LogP contribution in [0.15, 0.2) is 27.4 Å². The van der Waals surface area contributed by atoms with Crippen LogP contribution in [-0.4, -0.2) is 41.7 Å². The highest BCUT2D eigenvalue weighted by molar-refractivity contribution is 5.85. The summed E-state index contributed by atoms with van der Waals surface area (Å²) in [5, 5.41) is 11.6. The summed E-state index contributed by atoms with van der Waals surface area (Å²) < 4.78 is 10.6. The van der Waals surface area contributed by atoms with E-state index in [0.29, 0.717) is 36.4 Å². The number of piperidine rings is 1. The first-order chi connectivity index (χ1) is 13.4. The summed E-state index contributed by atoms with van der Waals surface area (Å²) in [7, 11) is 1.56. The van der Waals surface area contributed by atoms with E-state index in [1.807, 2.05) is 24.0 Å². The number of carbonyl (C=O) groups excluding carboxylic acids is 1. The van der Waals surface area contributed by atoms with Crippen molar-refractivity contribution >= 4 is 16.9 Å². The number of hydrogen-bond donors (Lipinski definition) is 1. The van der Waals surface area contributed by atoms with E-state index < -0.39 is 11.2 Å². The van der Waals surface area contributed by atoms with Gasteiger partial charge in [0.05, 0.1) is 24.7 Å². The minimum absolute atomic E-state index is 0.0291. The third-order valence-corrected chi connectivity index (χ3v) is 6.60. The number of aryl methyl sites for hydroxylation is 1. The summed E-state index contributed by atoms with van der Waals surface area (Å²) in [4.78, 5) is 27.3. The van der Waals surface area contributed by atoms with E-state index in [0.717, 1.165) is 36.6 Å². The van der Waals surface area contributed by atoms with Crippen molar-refractivity contribution < 1.29 is 19.1 Å². The lowest BCUT2D eigenvalue weighted by Crippen LogP contribution is -2.55. The Balaban J connectivity index is 1.56. The van der Waals surface area contributed by atoms with Crippen molar-refractivity contribution in [1.29, 1.82) is 0 Å². The number of carbonyl (C=O) groups is 1. The molecule has 150 valence electrons. The molecular weight excluding hydrogens is 358 g/mol. The maximum atomic E-state index is 12.9. The average Bonchev–Trinajstić information content (AvgIpc) is 2.69. The molecule has 0 radical (unpaired) electrons. The summed E-state index contributed by atoms with van der Waals surface area (Å²) in [6.07, 6.45) is 4.60. The molecule has 2 aliphatic rings. The fraction of sp³-hybridized carbons (Fsp3) is 0.545. The number of methoxy groups -OCH3 is 1. The molecule has 6 nitrogen and oxygen atoms in total. The normalized spacial score (nSPS) is 24.8. The molecule has 2 fully saturated rings. The molecule has 0 bridgehead atoms. The Labute approximate surface area is 164 Å². The van der Waals surface area contributed by atoms with Gasteiger partial charge < -0.3 is 19.2 Å². The van der Waals surface area contributed by atoms with Gasteiger partial charge in [-0.05, 0) is 43.9 Å². The third kappa shape index (κ3) is 3.30. The van der Waals surface area contributed by atoms with Crippen LogP contribution in [0.2, 0.25) is 0 Å². The first-order valence-electron chi connectivity index (χ1n) is 10.0. The quantitative estimate of drug-likeness (QED) is 0.822. The lowest BCUT2D eigenvalue weighted by Gasteiger charge is -2.47. The first-order valence-corrected chi connectivity index (χ1v) is 10.0. The average molecular weight is 385 g/mol. The fourth-order valence-corrected chi connectivity index (χ4v) is 4.77. The van der Waals surface area contributed by atoms with Gasteiger partial charge in [-0.15, -0.1) is 0 Å². The number of fused-ring (bicyclic) bond motifs is 2. The van der Waals surface area contributed by atoms with Gasteiger partial charge in [-0.2, -0.15) is 0 Å². The van der Waals surface area contributed by atoms with Crippen molar-refractivity contribution in [1.82, 2.24) is 4.90 Å². The number of benzene rings is 1. The molecule has 1 saturated heterocycles. The second-order valence-corrected chi connectivity index (χ2v) is 8.17. The topological polar surface area (TPSA) is 80.0 Å². The Kier molecular flexibility index (Phi) is 4.91. The molecule has 2 atom stereocenters. The van der Waals surface area contributed by atoms with Gasteiger partial charge in [0.15, 0.2) is 0 Å². The maximum Gasteiger partial charge on any atom is 0.340 e. The molecule has 1 aromatic heterocycles. The van der Waals surface area contributed by atoms with Crippen LogP contribution in [0.5, 0.6) is 5.75 Å².